The summed E-state index contributed by atoms with van der Waals surface area (Å²) in [5.74, 6) is 0.483. The maximum atomic E-state index is 12.8. The zero-order valence-electron chi connectivity index (χ0n) is 16.3. The minimum absolute atomic E-state index is 0.161. The Kier molecular flexibility index (Phi) is 6.23. The van der Waals surface area contributed by atoms with Crippen molar-refractivity contribution in [2.45, 2.75) is 38.6 Å². The van der Waals surface area contributed by atoms with Crippen molar-refractivity contribution in [1.29, 1.82) is 0 Å². The molecular formula is C21H21Cl3N4O2. The molecule has 0 unspecified atom stereocenters. The molecule has 1 amide bonds. The van der Waals surface area contributed by atoms with Crippen LogP contribution >= 0.6 is 34.8 Å². The molecule has 2 atom stereocenters. The van der Waals surface area contributed by atoms with Gasteiger partial charge in [-0.1, -0.05) is 40.9 Å². The van der Waals surface area contributed by atoms with Gasteiger partial charge in [0.15, 0.2) is 0 Å². The van der Waals surface area contributed by atoms with Crippen LogP contribution in [-0.2, 0) is 17.9 Å². The molecule has 0 spiro atoms. The molecule has 1 aromatic heterocycles. The van der Waals surface area contributed by atoms with Crippen molar-refractivity contribution >= 4 is 51.7 Å². The number of carbonyl (C=O) groups is 1. The van der Waals surface area contributed by atoms with Crippen molar-refractivity contribution in [1.82, 2.24) is 20.2 Å². The largest absolute Gasteiger partial charge is 0.392 e. The van der Waals surface area contributed by atoms with Crippen molar-refractivity contribution in [2.24, 2.45) is 0 Å². The molecule has 0 saturated carbocycles. The van der Waals surface area contributed by atoms with Gasteiger partial charge in [0.2, 0.25) is 5.91 Å². The fourth-order valence-electron chi connectivity index (χ4n) is 3.76. The average Bonchev–Trinajstić information content (AvgIpc) is 3.25. The highest BCUT2D eigenvalue weighted by atomic mass is 35.5. The molecule has 9 heteroatoms. The second-order valence-electron chi connectivity index (χ2n) is 7.59. The van der Waals surface area contributed by atoms with Crippen LogP contribution in [0.15, 0.2) is 30.3 Å². The number of benzene rings is 2. The highest BCUT2D eigenvalue weighted by molar-refractivity contribution is 6.35. The second kappa shape index (κ2) is 8.73. The average molecular weight is 468 g/mol. The zero-order chi connectivity index (χ0) is 21.4. The molecule has 3 N–H and O–H groups in total. The standard InChI is InChI=1S/C21H21Cl3N4O2/c1-11-4-17-18(7-15(11)23)27-20(26-17)8-25-21(30)19-6-14(29)10-28(19)9-12-2-3-13(22)5-16(12)24/h2-5,7,14,19,29H,6,8-10H2,1H3,(H,25,30)(H,26,27)/t14-,19+/m1/s1. The number of nitrogens with zero attached hydrogens (tertiary/aromatic N) is 2. The molecule has 2 aromatic carbocycles. The van der Waals surface area contributed by atoms with E-state index in [4.69, 9.17) is 34.8 Å². The maximum Gasteiger partial charge on any atom is 0.237 e. The van der Waals surface area contributed by atoms with Gasteiger partial charge in [-0.25, -0.2) is 4.98 Å². The van der Waals surface area contributed by atoms with Crippen LogP contribution < -0.4 is 5.32 Å². The van der Waals surface area contributed by atoms with E-state index >= 15 is 0 Å². The van der Waals surface area contributed by atoms with Crippen LogP contribution in [0, 0.1) is 6.92 Å². The van der Waals surface area contributed by atoms with E-state index in [9.17, 15) is 9.90 Å². The number of β-amino-alcohol motifs (C(OH)–C–C–N with tert-alkyl or cyclic N) is 1. The van der Waals surface area contributed by atoms with E-state index < -0.39 is 12.1 Å². The maximum absolute atomic E-state index is 12.8. The smallest absolute Gasteiger partial charge is 0.237 e. The van der Waals surface area contributed by atoms with Gasteiger partial charge in [0.1, 0.15) is 5.82 Å². The van der Waals surface area contributed by atoms with Gasteiger partial charge in [-0.05, 0) is 48.7 Å². The number of halogens is 3. The molecule has 0 aliphatic carbocycles. The lowest BCUT2D eigenvalue weighted by Gasteiger charge is -2.23. The molecule has 1 aliphatic rings. The van der Waals surface area contributed by atoms with Gasteiger partial charge in [0, 0.05) is 28.2 Å². The third-order valence-electron chi connectivity index (χ3n) is 5.31. The fourth-order valence-corrected chi connectivity index (χ4v) is 4.39. The van der Waals surface area contributed by atoms with E-state index in [0.717, 1.165) is 22.2 Å². The number of nitrogens with one attached hydrogen (secondary N) is 2. The number of hydrogen-bond acceptors (Lipinski definition) is 4. The third-order valence-corrected chi connectivity index (χ3v) is 6.31. The first-order valence-corrected chi connectivity index (χ1v) is 10.7. The number of imidazole rings is 1. The fraction of sp³-hybridized carbons (Fsp3) is 0.333. The molecule has 0 bridgehead atoms. The molecule has 3 aromatic rings. The first-order chi connectivity index (χ1) is 14.3. The van der Waals surface area contributed by atoms with E-state index in [1.807, 2.05) is 24.0 Å². The molecule has 30 heavy (non-hydrogen) atoms. The van der Waals surface area contributed by atoms with Crippen LogP contribution in [0.3, 0.4) is 0 Å². The van der Waals surface area contributed by atoms with Gasteiger partial charge < -0.3 is 15.4 Å². The lowest BCUT2D eigenvalue weighted by Crippen LogP contribution is -2.42. The van der Waals surface area contributed by atoms with E-state index in [0.29, 0.717) is 40.4 Å². The summed E-state index contributed by atoms with van der Waals surface area (Å²) >= 11 is 18.4. The van der Waals surface area contributed by atoms with Crippen molar-refractivity contribution in [3.8, 4) is 0 Å². The van der Waals surface area contributed by atoms with Crippen molar-refractivity contribution in [3.63, 3.8) is 0 Å². The number of aliphatic hydroxyl groups excluding tert-OH is 1. The van der Waals surface area contributed by atoms with E-state index in [2.05, 4.69) is 15.3 Å². The van der Waals surface area contributed by atoms with Gasteiger partial charge in [0.25, 0.3) is 0 Å². The number of amides is 1. The Bertz CT molecular complexity index is 1060. The lowest BCUT2D eigenvalue weighted by atomic mass is 10.1. The summed E-state index contributed by atoms with van der Waals surface area (Å²) in [5, 5.41) is 14.8. The van der Waals surface area contributed by atoms with Crippen LogP contribution in [0.25, 0.3) is 11.0 Å². The third kappa shape index (κ3) is 4.58. The summed E-state index contributed by atoms with van der Waals surface area (Å²) in [7, 11) is 0. The van der Waals surface area contributed by atoms with Crippen molar-refractivity contribution in [2.75, 3.05) is 6.54 Å². The number of likely N-dealkylation sites (tertiary alicyclic amines) is 1. The van der Waals surface area contributed by atoms with Gasteiger partial charge in [0.05, 0.1) is 29.7 Å². The normalized spacial score (nSPS) is 19.5. The van der Waals surface area contributed by atoms with E-state index in [1.165, 1.54) is 0 Å². The first kappa shape index (κ1) is 21.4. The zero-order valence-corrected chi connectivity index (χ0v) is 18.5. The quantitative estimate of drug-likeness (QED) is 0.528. The van der Waals surface area contributed by atoms with E-state index in [1.54, 1.807) is 18.2 Å². The van der Waals surface area contributed by atoms with Gasteiger partial charge in [-0.2, -0.15) is 0 Å². The summed E-state index contributed by atoms with van der Waals surface area (Å²) in [4.78, 5) is 22.5. The Morgan fingerprint density at radius 2 is 2.07 bits per heavy atom. The molecule has 2 heterocycles. The summed E-state index contributed by atoms with van der Waals surface area (Å²) in [6, 6.07) is 8.56. The summed E-state index contributed by atoms with van der Waals surface area (Å²) in [5.41, 5.74) is 3.44. The summed E-state index contributed by atoms with van der Waals surface area (Å²) in [6.45, 7) is 3.04. The number of aryl methyl sites for hydroxylation is 1. The number of aromatic nitrogens is 2. The minimum atomic E-state index is -0.567. The molecule has 1 fully saturated rings. The number of rotatable bonds is 5. The Labute approximate surface area is 189 Å². The molecule has 158 valence electrons. The molecule has 6 nitrogen and oxygen atoms in total. The van der Waals surface area contributed by atoms with Crippen LogP contribution in [0.5, 0.6) is 0 Å². The van der Waals surface area contributed by atoms with Crippen molar-refractivity contribution in [3.05, 3.63) is 62.4 Å². The topological polar surface area (TPSA) is 81.2 Å². The van der Waals surface area contributed by atoms with Gasteiger partial charge in [-0.15, -0.1) is 0 Å². The Balaban J connectivity index is 1.43. The molecule has 0 radical (unpaired) electrons. The molecular weight excluding hydrogens is 447 g/mol. The molecule has 1 aliphatic heterocycles. The van der Waals surface area contributed by atoms with Crippen LogP contribution in [-0.4, -0.2) is 44.6 Å². The van der Waals surface area contributed by atoms with Crippen LogP contribution in [0.4, 0.5) is 0 Å². The van der Waals surface area contributed by atoms with Gasteiger partial charge in [-0.3, -0.25) is 9.69 Å². The minimum Gasteiger partial charge on any atom is -0.392 e. The predicted molar refractivity (Wildman–Crippen MR) is 119 cm³/mol. The SMILES string of the molecule is Cc1cc2[nH]c(CNC(=O)[C@@H]3C[C@@H](O)CN3Cc3ccc(Cl)cc3Cl)nc2cc1Cl. The van der Waals surface area contributed by atoms with Gasteiger partial charge >= 0.3 is 0 Å². The number of aliphatic hydroxyl groups is 1. The van der Waals surface area contributed by atoms with Crippen molar-refractivity contribution < 1.29 is 9.90 Å². The van der Waals surface area contributed by atoms with Crippen LogP contribution in [0.1, 0.15) is 23.4 Å². The molecule has 1 saturated heterocycles. The monoisotopic (exact) mass is 466 g/mol. The van der Waals surface area contributed by atoms with E-state index in [-0.39, 0.29) is 12.5 Å². The highest BCUT2D eigenvalue weighted by Crippen LogP contribution is 2.27. The second-order valence-corrected chi connectivity index (χ2v) is 8.84. The molecule has 4 rings (SSSR count). The van der Waals surface area contributed by atoms with Crippen LogP contribution in [0.2, 0.25) is 15.1 Å². The Morgan fingerprint density at radius 3 is 2.83 bits per heavy atom. The first-order valence-electron chi connectivity index (χ1n) is 9.58. The number of fused-ring (bicyclic) bond motifs is 1. The predicted octanol–water partition coefficient (Wildman–Crippen LogP) is 4.08. The summed E-state index contributed by atoms with van der Waals surface area (Å²) < 4.78 is 0. The number of aromatic amines is 1. The summed E-state index contributed by atoms with van der Waals surface area (Å²) in [6.07, 6.45) is -0.199. The number of H-pyrrole nitrogens is 1. The lowest BCUT2D eigenvalue weighted by molar-refractivity contribution is -0.125. The number of carbonyl (C=O) groups excluding carboxylic acids is 1. The Hall–Kier alpha value is -1.83. The Morgan fingerprint density at radius 1 is 1.27 bits per heavy atom. The highest BCUT2D eigenvalue weighted by Gasteiger charge is 2.36. The number of hydrogen-bond donors (Lipinski definition) is 3.